The number of aryl methyl sites for hydroxylation is 1. The molecule has 11 heteroatoms. The number of para-hydroxylation sites is 1. The van der Waals surface area contributed by atoms with Crippen LogP contribution in [0.5, 0.6) is 0 Å². The number of hydrogen-bond acceptors (Lipinski definition) is 7. The second-order valence-corrected chi connectivity index (χ2v) is 7.60. The highest BCUT2D eigenvalue weighted by molar-refractivity contribution is 6.08. The van der Waals surface area contributed by atoms with Crippen LogP contribution >= 0.6 is 0 Å². The number of fused-ring (bicyclic) bond motifs is 3. The summed E-state index contributed by atoms with van der Waals surface area (Å²) >= 11 is 0. The average molecular weight is 443 g/mol. The molecule has 5 aromatic rings. The molecule has 0 saturated carbocycles. The Balaban J connectivity index is 1.44. The summed E-state index contributed by atoms with van der Waals surface area (Å²) in [6.45, 7) is 2.05. The van der Waals surface area contributed by atoms with Gasteiger partial charge in [-0.25, -0.2) is 9.78 Å². The first kappa shape index (κ1) is 20.2. The SMILES string of the molecule is Cc1n[nH]c(=O)c2c1c1ccccc1n2Cc1cn(CC(=O)c2ccc([N+](=O)[O-])cc2)nn1. The van der Waals surface area contributed by atoms with Crippen molar-refractivity contribution in [1.29, 1.82) is 0 Å². The Hall–Kier alpha value is -4.67. The van der Waals surface area contributed by atoms with Gasteiger partial charge < -0.3 is 4.57 Å². The van der Waals surface area contributed by atoms with Gasteiger partial charge in [0.25, 0.3) is 11.2 Å². The van der Waals surface area contributed by atoms with E-state index in [-0.39, 0.29) is 30.1 Å². The number of hydrogen-bond donors (Lipinski definition) is 1. The molecule has 0 radical (unpaired) electrons. The number of carbonyl (C=O) groups is 1. The molecule has 33 heavy (non-hydrogen) atoms. The summed E-state index contributed by atoms with van der Waals surface area (Å²) in [6.07, 6.45) is 1.64. The zero-order chi connectivity index (χ0) is 23.1. The van der Waals surface area contributed by atoms with Crippen LogP contribution in [0.15, 0.2) is 59.5 Å². The molecule has 0 aliphatic heterocycles. The highest BCUT2D eigenvalue weighted by Crippen LogP contribution is 2.28. The van der Waals surface area contributed by atoms with Crippen molar-refractivity contribution in [1.82, 2.24) is 29.8 Å². The van der Waals surface area contributed by atoms with Crippen LogP contribution < -0.4 is 5.56 Å². The number of non-ortho nitro benzene ring substituents is 1. The number of carbonyl (C=O) groups excluding carboxylic acids is 1. The molecule has 0 atom stereocenters. The minimum atomic E-state index is -0.519. The molecule has 5 rings (SSSR count). The Kier molecular flexibility index (Phi) is 4.78. The first-order chi connectivity index (χ1) is 15.9. The molecule has 0 amide bonds. The van der Waals surface area contributed by atoms with Gasteiger partial charge in [-0.1, -0.05) is 23.4 Å². The third kappa shape index (κ3) is 3.55. The van der Waals surface area contributed by atoms with E-state index in [1.54, 1.807) is 6.20 Å². The lowest BCUT2D eigenvalue weighted by Crippen LogP contribution is -2.14. The molecule has 0 aliphatic carbocycles. The van der Waals surface area contributed by atoms with E-state index >= 15 is 0 Å². The monoisotopic (exact) mass is 443 g/mol. The van der Waals surface area contributed by atoms with Crippen LogP contribution in [0, 0.1) is 17.0 Å². The van der Waals surface area contributed by atoms with E-state index < -0.39 is 4.92 Å². The predicted octanol–water partition coefficient (Wildman–Crippen LogP) is 2.62. The Morgan fingerprint density at radius 3 is 2.67 bits per heavy atom. The van der Waals surface area contributed by atoms with Crippen molar-refractivity contribution in [3.05, 3.63) is 92.1 Å². The molecule has 3 aromatic heterocycles. The topological polar surface area (TPSA) is 142 Å². The fourth-order valence-electron chi connectivity index (χ4n) is 3.97. The zero-order valence-electron chi connectivity index (χ0n) is 17.4. The number of Topliss-reactive ketones (excluding diaryl/α,β-unsaturated/α-hetero) is 1. The number of H-pyrrole nitrogens is 1. The van der Waals surface area contributed by atoms with Crippen LogP contribution in [-0.4, -0.2) is 40.5 Å². The maximum atomic E-state index is 12.6. The van der Waals surface area contributed by atoms with Crippen LogP contribution in [-0.2, 0) is 13.1 Å². The van der Waals surface area contributed by atoms with E-state index in [1.165, 1.54) is 28.9 Å². The number of ketones is 1. The van der Waals surface area contributed by atoms with E-state index in [9.17, 15) is 19.7 Å². The van der Waals surface area contributed by atoms with E-state index in [2.05, 4.69) is 20.5 Å². The molecule has 0 spiro atoms. The van der Waals surface area contributed by atoms with Gasteiger partial charge in [0, 0.05) is 34.0 Å². The number of nitrogens with zero attached hydrogens (tertiary/aromatic N) is 6. The highest BCUT2D eigenvalue weighted by atomic mass is 16.6. The molecule has 2 aromatic carbocycles. The van der Waals surface area contributed by atoms with Gasteiger partial charge in [0.2, 0.25) is 0 Å². The normalized spacial score (nSPS) is 11.3. The Morgan fingerprint density at radius 1 is 1.15 bits per heavy atom. The summed E-state index contributed by atoms with van der Waals surface area (Å²) in [5.74, 6) is -0.253. The van der Waals surface area contributed by atoms with Gasteiger partial charge in [0.1, 0.15) is 17.8 Å². The third-order valence-corrected chi connectivity index (χ3v) is 5.48. The van der Waals surface area contributed by atoms with Gasteiger partial charge in [-0.3, -0.25) is 19.7 Å². The van der Waals surface area contributed by atoms with Crippen LogP contribution in [0.1, 0.15) is 21.7 Å². The van der Waals surface area contributed by atoms with Crippen molar-refractivity contribution < 1.29 is 9.72 Å². The Morgan fingerprint density at radius 2 is 1.91 bits per heavy atom. The second-order valence-electron chi connectivity index (χ2n) is 7.60. The summed E-state index contributed by atoms with van der Waals surface area (Å²) in [5.41, 5.74) is 2.62. The summed E-state index contributed by atoms with van der Waals surface area (Å²) in [4.78, 5) is 35.4. The lowest BCUT2D eigenvalue weighted by molar-refractivity contribution is -0.384. The quantitative estimate of drug-likeness (QED) is 0.241. The Labute approximate surface area is 185 Å². The number of rotatable bonds is 6. The van der Waals surface area contributed by atoms with Crippen molar-refractivity contribution >= 4 is 33.3 Å². The van der Waals surface area contributed by atoms with Crippen LogP contribution in [0.3, 0.4) is 0 Å². The molecular formula is C22H17N7O4. The van der Waals surface area contributed by atoms with Crippen molar-refractivity contribution in [2.75, 3.05) is 0 Å². The molecule has 11 nitrogen and oxygen atoms in total. The number of nitro benzene ring substituents is 1. The lowest BCUT2D eigenvalue weighted by atomic mass is 10.1. The van der Waals surface area contributed by atoms with E-state index in [1.807, 2.05) is 35.8 Å². The van der Waals surface area contributed by atoms with E-state index in [4.69, 9.17) is 0 Å². The average Bonchev–Trinajstić information content (AvgIpc) is 3.39. The van der Waals surface area contributed by atoms with Gasteiger partial charge in [0.15, 0.2) is 5.78 Å². The second kappa shape index (κ2) is 7.79. The molecule has 0 aliphatic rings. The van der Waals surface area contributed by atoms with Gasteiger partial charge in [-0.2, -0.15) is 5.10 Å². The van der Waals surface area contributed by atoms with Crippen LogP contribution in [0.2, 0.25) is 0 Å². The fraction of sp³-hybridized carbons (Fsp3) is 0.136. The van der Waals surface area contributed by atoms with Crippen molar-refractivity contribution in [3.8, 4) is 0 Å². The number of benzene rings is 2. The smallest absolute Gasteiger partial charge is 0.288 e. The molecule has 164 valence electrons. The maximum absolute atomic E-state index is 12.6. The minimum absolute atomic E-state index is 0.0679. The van der Waals surface area contributed by atoms with Gasteiger partial charge >= 0.3 is 0 Å². The first-order valence-corrected chi connectivity index (χ1v) is 10.1. The highest BCUT2D eigenvalue weighted by Gasteiger charge is 2.18. The van der Waals surface area contributed by atoms with Gasteiger partial charge in [-0.05, 0) is 25.1 Å². The van der Waals surface area contributed by atoms with Gasteiger partial charge in [0.05, 0.1) is 23.4 Å². The summed E-state index contributed by atoms with van der Waals surface area (Å²) in [5, 5.41) is 27.3. The number of nitro groups is 1. The van der Waals surface area contributed by atoms with Crippen molar-refractivity contribution in [2.24, 2.45) is 0 Å². The van der Waals surface area contributed by atoms with Crippen LogP contribution in [0.4, 0.5) is 5.69 Å². The molecule has 3 heterocycles. The first-order valence-electron chi connectivity index (χ1n) is 10.1. The van der Waals surface area contributed by atoms with Crippen LogP contribution in [0.25, 0.3) is 21.8 Å². The fourth-order valence-corrected chi connectivity index (χ4v) is 3.97. The van der Waals surface area contributed by atoms with Gasteiger partial charge in [-0.15, -0.1) is 5.10 Å². The lowest BCUT2D eigenvalue weighted by Gasteiger charge is -2.04. The molecule has 0 bridgehead atoms. The van der Waals surface area contributed by atoms with Crippen molar-refractivity contribution in [3.63, 3.8) is 0 Å². The summed E-state index contributed by atoms with van der Waals surface area (Å²) in [7, 11) is 0. The molecular weight excluding hydrogens is 426 g/mol. The van der Waals surface area contributed by atoms with E-state index in [0.717, 1.165) is 22.0 Å². The standard InChI is InChI=1S/C22H17N7O4/c1-13-20-17-4-2-3-5-18(17)28(21(20)22(31)25-23-13)11-15-10-27(26-24-15)12-19(30)14-6-8-16(9-7-14)29(32)33/h2-10H,11-12H2,1H3,(H,25,31). The van der Waals surface area contributed by atoms with Crippen molar-refractivity contribution in [2.45, 2.75) is 20.0 Å². The van der Waals surface area contributed by atoms with E-state index in [0.29, 0.717) is 16.8 Å². The molecule has 0 saturated heterocycles. The summed E-state index contributed by atoms with van der Waals surface area (Å²) in [6, 6.07) is 13.1. The minimum Gasteiger partial charge on any atom is -0.330 e. The zero-order valence-corrected chi connectivity index (χ0v) is 17.4. The summed E-state index contributed by atoms with van der Waals surface area (Å²) < 4.78 is 3.27. The molecule has 0 unspecified atom stereocenters. The number of aromatic nitrogens is 6. The maximum Gasteiger partial charge on any atom is 0.288 e. The Bertz CT molecular complexity index is 1600. The molecule has 0 fully saturated rings. The number of aromatic amines is 1. The largest absolute Gasteiger partial charge is 0.330 e. The third-order valence-electron chi connectivity index (χ3n) is 5.48. The number of nitrogens with one attached hydrogen (secondary N) is 1. The predicted molar refractivity (Wildman–Crippen MR) is 119 cm³/mol. The molecule has 1 N–H and O–H groups in total.